The Kier molecular flexibility index (Phi) is 2.67. The summed E-state index contributed by atoms with van der Waals surface area (Å²) >= 11 is 0. The summed E-state index contributed by atoms with van der Waals surface area (Å²) < 4.78 is 10.5. The Bertz CT molecular complexity index is 107. The van der Waals surface area contributed by atoms with E-state index >= 15 is 0 Å². The van der Waals surface area contributed by atoms with Crippen LogP contribution < -0.4 is 5.73 Å². The molecule has 3 nitrogen and oxygen atoms in total. The van der Waals surface area contributed by atoms with Crippen molar-refractivity contribution in [3.8, 4) is 0 Å². The van der Waals surface area contributed by atoms with E-state index in [4.69, 9.17) is 10.6 Å². The normalized spacial score (nSPS) is 22.0. The number of hydrogen-bond acceptors (Lipinski definition) is 2. The molecular weight excluding hydrogens is 125 g/mol. The molecule has 50 valence electrons. The van der Waals surface area contributed by atoms with Gasteiger partial charge >= 0.3 is 0 Å². The Hall–Kier alpha value is 0.150. The monoisotopic (exact) mass is 137 g/mol. The zero-order chi connectivity index (χ0) is 6.78. The van der Waals surface area contributed by atoms with Crippen LogP contribution in [0, 0.1) is 0 Å². The van der Waals surface area contributed by atoms with Crippen LogP contribution in [-0.4, -0.2) is 23.8 Å². The summed E-state index contributed by atoms with van der Waals surface area (Å²) in [6.45, 7) is 3.03. The highest BCUT2D eigenvalue weighted by atomic mass is 31.2. The molecule has 0 aliphatic heterocycles. The van der Waals surface area contributed by atoms with Crippen LogP contribution in [0.2, 0.25) is 0 Å². The minimum Gasteiger partial charge on any atom is -0.344 e. The Morgan fingerprint density at radius 3 is 2.25 bits per heavy atom. The van der Waals surface area contributed by atoms with Gasteiger partial charge in [-0.3, -0.25) is 4.57 Å². The standard InChI is InChI=1S/C4H12NO2P/c1-4(5)3-8(2,6)7/h4H,3,5H2,1-2H3,(H,6,7)/t4-/m1/s1. The topological polar surface area (TPSA) is 63.3 Å². The van der Waals surface area contributed by atoms with Crippen molar-refractivity contribution in [2.75, 3.05) is 12.8 Å². The van der Waals surface area contributed by atoms with Crippen LogP contribution in [0.4, 0.5) is 0 Å². The van der Waals surface area contributed by atoms with Gasteiger partial charge in [0.2, 0.25) is 0 Å². The minimum atomic E-state index is -2.85. The van der Waals surface area contributed by atoms with Crippen molar-refractivity contribution in [3.05, 3.63) is 0 Å². The van der Waals surface area contributed by atoms with Crippen molar-refractivity contribution in [2.24, 2.45) is 5.73 Å². The largest absolute Gasteiger partial charge is 0.344 e. The zero-order valence-corrected chi connectivity index (χ0v) is 6.06. The van der Waals surface area contributed by atoms with Crippen LogP contribution in [0.1, 0.15) is 6.92 Å². The summed E-state index contributed by atoms with van der Waals surface area (Å²) in [5.41, 5.74) is 5.25. The molecule has 0 saturated carbocycles. The van der Waals surface area contributed by atoms with E-state index in [1.54, 1.807) is 6.92 Å². The van der Waals surface area contributed by atoms with E-state index in [1.165, 1.54) is 6.66 Å². The molecule has 0 fully saturated rings. The predicted molar refractivity (Wildman–Crippen MR) is 34.3 cm³/mol. The number of rotatable bonds is 2. The molecule has 2 atom stereocenters. The van der Waals surface area contributed by atoms with E-state index in [1.807, 2.05) is 0 Å². The molecule has 0 aliphatic rings. The first-order chi connectivity index (χ1) is 3.42. The maximum absolute atomic E-state index is 10.5. The van der Waals surface area contributed by atoms with Gasteiger partial charge in [-0.15, -0.1) is 0 Å². The van der Waals surface area contributed by atoms with Crippen molar-refractivity contribution in [1.29, 1.82) is 0 Å². The summed E-state index contributed by atoms with van der Waals surface area (Å²) in [6.07, 6.45) is 0.215. The molecule has 0 heterocycles. The van der Waals surface area contributed by atoms with E-state index in [9.17, 15) is 4.57 Å². The lowest BCUT2D eigenvalue weighted by molar-refractivity contribution is 0.480. The lowest BCUT2D eigenvalue weighted by atomic mass is 10.4. The quantitative estimate of drug-likeness (QED) is 0.535. The van der Waals surface area contributed by atoms with Crippen molar-refractivity contribution in [2.45, 2.75) is 13.0 Å². The van der Waals surface area contributed by atoms with Gasteiger partial charge < -0.3 is 10.6 Å². The third-order valence-electron chi connectivity index (χ3n) is 0.627. The van der Waals surface area contributed by atoms with E-state index in [0.29, 0.717) is 0 Å². The van der Waals surface area contributed by atoms with Crippen LogP contribution in [0.3, 0.4) is 0 Å². The van der Waals surface area contributed by atoms with Gasteiger partial charge in [-0.1, -0.05) is 0 Å². The second-order valence-corrected chi connectivity index (χ2v) is 4.68. The first-order valence-corrected chi connectivity index (χ1v) is 4.76. The third kappa shape index (κ3) is 6.15. The second kappa shape index (κ2) is 2.62. The highest BCUT2D eigenvalue weighted by Gasteiger charge is 2.11. The molecule has 3 N–H and O–H groups in total. The van der Waals surface area contributed by atoms with E-state index in [0.717, 1.165) is 0 Å². The predicted octanol–water partition coefficient (Wildman–Crippen LogP) is 0.234. The lowest BCUT2D eigenvalue weighted by Crippen LogP contribution is -2.19. The zero-order valence-electron chi connectivity index (χ0n) is 5.16. The van der Waals surface area contributed by atoms with Gasteiger partial charge in [-0.25, -0.2) is 0 Å². The molecule has 1 unspecified atom stereocenters. The average molecular weight is 137 g/mol. The molecule has 0 aromatic heterocycles. The first kappa shape index (κ1) is 8.15. The SMILES string of the molecule is C[C@@H](N)CP(C)(=O)O. The molecule has 0 spiro atoms. The van der Waals surface area contributed by atoms with E-state index in [2.05, 4.69) is 0 Å². The Morgan fingerprint density at radius 2 is 2.25 bits per heavy atom. The first-order valence-electron chi connectivity index (χ1n) is 2.46. The average Bonchev–Trinajstić information content (AvgIpc) is 1.21. The van der Waals surface area contributed by atoms with E-state index in [-0.39, 0.29) is 12.2 Å². The molecular formula is C4H12NO2P. The smallest absolute Gasteiger partial charge is 0.199 e. The van der Waals surface area contributed by atoms with Gasteiger partial charge in [0.05, 0.1) is 0 Å². The molecule has 0 amide bonds. The molecule has 0 rings (SSSR count). The maximum Gasteiger partial charge on any atom is 0.199 e. The van der Waals surface area contributed by atoms with Crippen molar-refractivity contribution < 1.29 is 9.46 Å². The van der Waals surface area contributed by atoms with Crippen LogP contribution in [0.5, 0.6) is 0 Å². The minimum absolute atomic E-state index is 0.171. The van der Waals surface area contributed by atoms with Gasteiger partial charge in [0.25, 0.3) is 0 Å². The van der Waals surface area contributed by atoms with Crippen molar-refractivity contribution in [3.63, 3.8) is 0 Å². The molecule has 0 radical (unpaired) electrons. The summed E-state index contributed by atoms with van der Waals surface area (Å²) in [5.74, 6) is 0. The van der Waals surface area contributed by atoms with Crippen LogP contribution in [0.15, 0.2) is 0 Å². The Balaban J connectivity index is 3.56. The summed E-state index contributed by atoms with van der Waals surface area (Å²) in [5, 5.41) is 0. The molecule has 8 heavy (non-hydrogen) atoms. The molecule has 0 aliphatic carbocycles. The molecule has 0 aromatic carbocycles. The van der Waals surface area contributed by atoms with Crippen LogP contribution >= 0.6 is 7.37 Å². The van der Waals surface area contributed by atoms with Crippen LogP contribution in [0.25, 0.3) is 0 Å². The van der Waals surface area contributed by atoms with Crippen molar-refractivity contribution in [1.82, 2.24) is 0 Å². The maximum atomic E-state index is 10.5. The number of nitrogens with two attached hydrogens (primary N) is 1. The van der Waals surface area contributed by atoms with Gasteiger partial charge in [0.1, 0.15) is 0 Å². The second-order valence-electron chi connectivity index (χ2n) is 2.21. The van der Waals surface area contributed by atoms with Gasteiger partial charge in [0.15, 0.2) is 7.37 Å². The van der Waals surface area contributed by atoms with E-state index < -0.39 is 7.37 Å². The molecule has 4 heteroatoms. The summed E-state index contributed by atoms with van der Waals surface area (Å²) in [6, 6.07) is -0.171. The molecule has 0 bridgehead atoms. The fourth-order valence-electron chi connectivity index (χ4n) is 0.534. The molecule has 0 saturated heterocycles. The van der Waals surface area contributed by atoms with Gasteiger partial charge in [-0.05, 0) is 6.92 Å². The summed E-state index contributed by atoms with van der Waals surface area (Å²) in [7, 11) is -2.85. The highest BCUT2D eigenvalue weighted by molar-refractivity contribution is 7.57. The lowest BCUT2D eigenvalue weighted by Gasteiger charge is -2.06. The van der Waals surface area contributed by atoms with Gasteiger partial charge in [-0.2, -0.15) is 0 Å². The Labute approximate surface area is 49.3 Å². The third-order valence-corrected chi connectivity index (χ3v) is 1.88. The fraction of sp³-hybridized carbons (Fsp3) is 1.00. The Morgan fingerprint density at radius 1 is 1.88 bits per heavy atom. The number of hydrogen-bond donors (Lipinski definition) is 2. The summed E-state index contributed by atoms with van der Waals surface area (Å²) in [4.78, 5) is 8.66. The van der Waals surface area contributed by atoms with Gasteiger partial charge in [0, 0.05) is 18.9 Å². The molecule has 0 aromatic rings. The highest BCUT2D eigenvalue weighted by Crippen LogP contribution is 2.34. The van der Waals surface area contributed by atoms with Crippen LogP contribution in [-0.2, 0) is 4.57 Å². The van der Waals surface area contributed by atoms with Crippen molar-refractivity contribution >= 4 is 7.37 Å². The fourth-order valence-corrected chi connectivity index (χ4v) is 1.60.